The zero-order valence-corrected chi connectivity index (χ0v) is 9.62. The van der Waals surface area contributed by atoms with Crippen molar-refractivity contribution in [2.45, 2.75) is 41.5 Å². The highest BCUT2D eigenvalue weighted by atomic mass is 16.7. The van der Waals surface area contributed by atoms with Gasteiger partial charge in [0.1, 0.15) is 5.76 Å². The van der Waals surface area contributed by atoms with E-state index in [4.69, 9.17) is 4.84 Å². The molecule has 0 saturated carbocycles. The Bertz CT molecular complexity index is 203. The third kappa shape index (κ3) is 2.25. The van der Waals surface area contributed by atoms with Gasteiger partial charge in [0, 0.05) is 5.41 Å². The standard InChI is InChI=1S/C11H21NO/c1-10(2,3)8-7-12-13-9(8)11(4,5)6/h12H,7H2,1-6H3. The normalized spacial score (nSPS) is 19.2. The largest absolute Gasteiger partial charge is 0.412 e. The Morgan fingerprint density at radius 3 is 1.85 bits per heavy atom. The van der Waals surface area contributed by atoms with E-state index in [0.29, 0.717) is 0 Å². The third-order valence-corrected chi connectivity index (χ3v) is 2.28. The molecule has 1 rings (SSSR count). The molecular formula is C11H21NO. The fourth-order valence-corrected chi connectivity index (χ4v) is 1.53. The van der Waals surface area contributed by atoms with Gasteiger partial charge in [-0.15, -0.1) is 0 Å². The molecule has 0 amide bonds. The number of allylic oxidation sites excluding steroid dienone is 1. The van der Waals surface area contributed by atoms with Gasteiger partial charge in [0.05, 0.1) is 6.54 Å². The fraction of sp³-hybridized carbons (Fsp3) is 0.818. The highest BCUT2D eigenvalue weighted by Crippen LogP contribution is 2.38. The summed E-state index contributed by atoms with van der Waals surface area (Å²) in [5, 5.41) is 0. The molecular weight excluding hydrogens is 162 g/mol. The minimum Gasteiger partial charge on any atom is -0.412 e. The molecule has 2 heteroatoms. The van der Waals surface area contributed by atoms with Crippen molar-refractivity contribution >= 4 is 0 Å². The molecule has 0 unspecified atom stereocenters. The molecule has 1 N–H and O–H groups in total. The van der Waals surface area contributed by atoms with E-state index >= 15 is 0 Å². The number of hydroxylamine groups is 1. The van der Waals surface area contributed by atoms with E-state index in [9.17, 15) is 0 Å². The molecule has 76 valence electrons. The van der Waals surface area contributed by atoms with Crippen LogP contribution < -0.4 is 5.48 Å². The molecule has 1 heterocycles. The zero-order valence-electron chi connectivity index (χ0n) is 9.62. The van der Waals surface area contributed by atoms with Gasteiger partial charge in [0.2, 0.25) is 0 Å². The van der Waals surface area contributed by atoms with Crippen LogP contribution in [-0.4, -0.2) is 6.54 Å². The summed E-state index contributed by atoms with van der Waals surface area (Å²) < 4.78 is 0. The first-order valence-corrected chi connectivity index (χ1v) is 4.87. The second kappa shape index (κ2) is 3.02. The lowest BCUT2D eigenvalue weighted by Crippen LogP contribution is -2.18. The average molecular weight is 183 g/mol. The van der Waals surface area contributed by atoms with Crippen LogP contribution in [0.25, 0.3) is 0 Å². The van der Waals surface area contributed by atoms with Crippen molar-refractivity contribution in [3.63, 3.8) is 0 Å². The van der Waals surface area contributed by atoms with Crippen LogP contribution in [0.15, 0.2) is 11.3 Å². The van der Waals surface area contributed by atoms with Crippen LogP contribution in [0.1, 0.15) is 41.5 Å². The van der Waals surface area contributed by atoms with Crippen molar-refractivity contribution in [1.82, 2.24) is 5.48 Å². The molecule has 1 aliphatic rings. The molecule has 2 nitrogen and oxygen atoms in total. The van der Waals surface area contributed by atoms with E-state index in [2.05, 4.69) is 47.0 Å². The summed E-state index contributed by atoms with van der Waals surface area (Å²) >= 11 is 0. The summed E-state index contributed by atoms with van der Waals surface area (Å²) in [6.45, 7) is 14.1. The number of nitrogens with one attached hydrogen (secondary N) is 1. The topological polar surface area (TPSA) is 21.3 Å². The van der Waals surface area contributed by atoms with Gasteiger partial charge >= 0.3 is 0 Å². The summed E-state index contributed by atoms with van der Waals surface area (Å²) in [5.41, 5.74) is 4.65. The first-order chi connectivity index (χ1) is 5.73. The summed E-state index contributed by atoms with van der Waals surface area (Å²) in [7, 11) is 0. The molecule has 13 heavy (non-hydrogen) atoms. The average Bonchev–Trinajstić information content (AvgIpc) is 2.27. The maximum atomic E-state index is 5.49. The highest BCUT2D eigenvalue weighted by molar-refractivity contribution is 5.23. The van der Waals surface area contributed by atoms with Crippen LogP contribution in [0.5, 0.6) is 0 Å². The van der Waals surface area contributed by atoms with Gasteiger partial charge in [-0.3, -0.25) is 0 Å². The Hall–Kier alpha value is -0.500. The number of hydrogen-bond donors (Lipinski definition) is 1. The van der Waals surface area contributed by atoms with E-state index in [0.717, 1.165) is 12.3 Å². The molecule has 1 aliphatic heterocycles. The van der Waals surface area contributed by atoms with Crippen molar-refractivity contribution in [3.05, 3.63) is 11.3 Å². The van der Waals surface area contributed by atoms with Crippen LogP contribution in [0.3, 0.4) is 0 Å². The lowest BCUT2D eigenvalue weighted by atomic mass is 9.80. The molecule has 0 saturated heterocycles. The van der Waals surface area contributed by atoms with Crippen LogP contribution in [-0.2, 0) is 4.84 Å². The van der Waals surface area contributed by atoms with E-state index in [1.165, 1.54) is 5.57 Å². The van der Waals surface area contributed by atoms with Crippen LogP contribution >= 0.6 is 0 Å². The van der Waals surface area contributed by atoms with Gasteiger partial charge < -0.3 is 4.84 Å². The van der Waals surface area contributed by atoms with Gasteiger partial charge in [-0.1, -0.05) is 41.5 Å². The van der Waals surface area contributed by atoms with E-state index in [-0.39, 0.29) is 10.8 Å². The predicted octanol–water partition coefficient (Wildman–Crippen LogP) is 2.87. The fourth-order valence-electron chi connectivity index (χ4n) is 1.53. The minimum atomic E-state index is 0.103. The summed E-state index contributed by atoms with van der Waals surface area (Å²) in [6, 6.07) is 0. The smallest absolute Gasteiger partial charge is 0.130 e. The highest BCUT2D eigenvalue weighted by Gasteiger charge is 2.33. The molecule has 0 atom stereocenters. The molecule has 0 bridgehead atoms. The molecule has 0 aromatic carbocycles. The second-order valence-electron chi connectivity index (χ2n) is 5.73. The van der Waals surface area contributed by atoms with Gasteiger partial charge in [0.15, 0.2) is 0 Å². The lowest BCUT2D eigenvalue weighted by Gasteiger charge is -2.25. The Kier molecular flexibility index (Phi) is 2.46. The second-order valence-corrected chi connectivity index (χ2v) is 5.73. The molecule has 0 fully saturated rings. The Morgan fingerprint density at radius 1 is 1.00 bits per heavy atom. The van der Waals surface area contributed by atoms with Gasteiger partial charge in [-0.25, -0.2) is 0 Å². The minimum absolute atomic E-state index is 0.103. The molecule has 0 spiro atoms. The van der Waals surface area contributed by atoms with Crippen molar-refractivity contribution in [2.24, 2.45) is 10.8 Å². The number of hydrogen-bond acceptors (Lipinski definition) is 2. The molecule has 0 aromatic heterocycles. The Labute approximate surface area is 81.3 Å². The van der Waals surface area contributed by atoms with Crippen molar-refractivity contribution in [1.29, 1.82) is 0 Å². The van der Waals surface area contributed by atoms with E-state index in [1.54, 1.807) is 0 Å². The Morgan fingerprint density at radius 2 is 1.54 bits per heavy atom. The summed E-state index contributed by atoms with van der Waals surface area (Å²) in [6.07, 6.45) is 0. The maximum absolute atomic E-state index is 5.49. The van der Waals surface area contributed by atoms with Crippen molar-refractivity contribution < 1.29 is 4.84 Å². The first-order valence-electron chi connectivity index (χ1n) is 4.87. The van der Waals surface area contributed by atoms with Crippen LogP contribution in [0.4, 0.5) is 0 Å². The van der Waals surface area contributed by atoms with Crippen LogP contribution in [0.2, 0.25) is 0 Å². The Balaban J connectivity index is 3.04. The lowest BCUT2D eigenvalue weighted by molar-refractivity contribution is 0.0961. The molecule has 0 aromatic rings. The van der Waals surface area contributed by atoms with Crippen LogP contribution in [0, 0.1) is 10.8 Å². The van der Waals surface area contributed by atoms with Gasteiger partial charge in [0.25, 0.3) is 0 Å². The third-order valence-electron chi connectivity index (χ3n) is 2.28. The monoisotopic (exact) mass is 183 g/mol. The van der Waals surface area contributed by atoms with Crippen molar-refractivity contribution in [3.8, 4) is 0 Å². The van der Waals surface area contributed by atoms with Gasteiger partial charge in [-0.05, 0) is 11.0 Å². The summed E-state index contributed by atoms with van der Waals surface area (Å²) in [5.74, 6) is 1.11. The predicted molar refractivity (Wildman–Crippen MR) is 55.0 cm³/mol. The molecule has 0 radical (unpaired) electrons. The molecule has 0 aliphatic carbocycles. The quantitative estimate of drug-likeness (QED) is 0.623. The SMILES string of the molecule is CC(C)(C)C1=C(C(C)(C)C)ONC1. The van der Waals surface area contributed by atoms with E-state index in [1.807, 2.05) is 0 Å². The number of rotatable bonds is 0. The van der Waals surface area contributed by atoms with Gasteiger partial charge in [-0.2, -0.15) is 5.48 Å². The maximum Gasteiger partial charge on any atom is 0.130 e. The van der Waals surface area contributed by atoms with E-state index < -0.39 is 0 Å². The summed E-state index contributed by atoms with van der Waals surface area (Å²) in [4.78, 5) is 5.49. The van der Waals surface area contributed by atoms with Crippen molar-refractivity contribution in [2.75, 3.05) is 6.54 Å². The first kappa shape index (κ1) is 10.6. The zero-order chi connectivity index (χ0) is 10.3.